The van der Waals surface area contributed by atoms with Gasteiger partial charge in [-0.2, -0.15) is 5.26 Å². The van der Waals surface area contributed by atoms with Crippen molar-refractivity contribution in [2.45, 2.75) is 18.9 Å². The van der Waals surface area contributed by atoms with Crippen molar-refractivity contribution in [2.75, 3.05) is 30.8 Å². The van der Waals surface area contributed by atoms with Crippen molar-refractivity contribution in [3.63, 3.8) is 0 Å². The molecule has 8 nitrogen and oxygen atoms in total. The molecule has 0 bridgehead atoms. The Kier molecular flexibility index (Phi) is 6.24. The van der Waals surface area contributed by atoms with E-state index >= 15 is 0 Å². The van der Waals surface area contributed by atoms with Crippen molar-refractivity contribution >= 4 is 17.9 Å². The van der Waals surface area contributed by atoms with Gasteiger partial charge < -0.3 is 16.4 Å². The predicted octanol–water partition coefficient (Wildman–Crippen LogP) is 2.54. The Hall–Kier alpha value is -3.96. The molecule has 2 heterocycles. The van der Waals surface area contributed by atoms with Crippen molar-refractivity contribution in [1.82, 2.24) is 9.55 Å². The van der Waals surface area contributed by atoms with E-state index in [4.69, 9.17) is 16.5 Å². The van der Waals surface area contributed by atoms with Gasteiger partial charge in [-0.15, -0.1) is 0 Å². The van der Waals surface area contributed by atoms with Gasteiger partial charge in [-0.05, 0) is 42.7 Å². The summed E-state index contributed by atoms with van der Waals surface area (Å²) in [4.78, 5) is 24.9. The Morgan fingerprint density at radius 3 is 2.45 bits per heavy atom. The van der Waals surface area contributed by atoms with E-state index in [0.29, 0.717) is 34.0 Å². The minimum Gasteiger partial charge on any atom is -0.398 e. The zero-order chi connectivity index (χ0) is 23.5. The Bertz CT molecular complexity index is 1290. The molecule has 8 heteroatoms. The number of benzene rings is 2. The summed E-state index contributed by atoms with van der Waals surface area (Å²) >= 11 is 0. The maximum atomic E-state index is 13.7. The van der Waals surface area contributed by atoms with Gasteiger partial charge in [0, 0.05) is 56.3 Å². The normalized spacial score (nSPS) is 14.5. The fourth-order valence-electron chi connectivity index (χ4n) is 4.13. The van der Waals surface area contributed by atoms with Crippen LogP contribution in [0, 0.1) is 11.3 Å². The number of aliphatic imine (C=N–C) groups is 1. The molecule has 0 aliphatic carbocycles. The van der Waals surface area contributed by atoms with Crippen LogP contribution in [0.25, 0.3) is 22.4 Å². The SMILES string of the molecule is CN=Cc1cc(-c2c(-c3ccc(C#N)cc3)nc(N3CCC(N)CC3)n(C)c2=O)ccc1N. The first kappa shape index (κ1) is 22.2. The third-order valence-corrected chi connectivity index (χ3v) is 6.02. The summed E-state index contributed by atoms with van der Waals surface area (Å²) in [5.41, 5.74) is 16.4. The van der Waals surface area contributed by atoms with Gasteiger partial charge in [0.1, 0.15) is 0 Å². The summed E-state index contributed by atoms with van der Waals surface area (Å²) in [7, 11) is 3.42. The molecule has 1 saturated heterocycles. The molecule has 0 spiro atoms. The number of nitrogens with zero attached hydrogens (tertiary/aromatic N) is 5. The van der Waals surface area contributed by atoms with Crippen LogP contribution in [-0.2, 0) is 7.05 Å². The number of piperidine rings is 1. The van der Waals surface area contributed by atoms with Crippen molar-refractivity contribution in [1.29, 1.82) is 5.26 Å². The first-order chi connectivity index (χ1) is 15.9. The van der Waals surface area contributed by atoms with E-state index in [1.807, 2.05) is 24.3 Å². The number of nitrogens with two attached hydrogens (primary N) is 2. The van der Waals surface area contributed by atoms with Crippen molar-refractivity contribution in [3.05, 3.63) is 63.9 Å². The lowest BCUT2D eigenvalue weighted by Crippen LogP contribution is -2.42. The van der Waals surface area contributed by atoms with Crippen LogP contribution < -0.4 is 21.9 Å². The number of anilines is 2. The quantitative estimate of drug-likeness (QED) is 0.473. The standard InChI is InChI=1S/C25H27N7O/c1-29-15-19-13-18(7-8-21(19)28)22-23(17-5-3-16(14-26)4-6-17)30-25(31(2)24(22)33)32-11-9-20(27)10-12-32/h3-8,13,15,20H,9-12,27-28H2,1-2H3. The molecular weight excluding hydrogens is 414 g/mol. The average molecular weight is 442 g/mol. The maximum absolute atomic E-state index is 13.7. The van der Waals surface area contributed by atoms with Gasteiger partial charge in [0.05, 0.1) is 22.9 Å². The van der Waals surface area contributed by atoms with Crippen LogP contribution in [0.4, 0.5) is 11.6 Å². The van der Waals surface area contributed by atoms with E-state index in [0.717, 1.165) is 37.1 Å². The molecule has 33 heavy (non-hydrogen) atoms. The van der Waals surface area contributed by atoms with Crippen molar-refractivity contribution in [3.8, 4) is 28.5 Å². The van der Waals surface area contributed by atoms with Gasteiger partial charge in [-0.25, -0.2) is 4.98 Å². The molecule has 0 radical (unpaired) electrons. The second-order valence-corrected chi connectivity index (χ2v) is 8.24. The second-order valence-electron chi connectivity index (χ2n) is 8.24. The van der Waals surface area contributed by atoms with Crippen LogP contribution in [0.15, 0.2) is 52.3 Å². The van der Waals surface area contributed by atoms with Gasteiger partial charge in [-0.3, -0.25) is 14.4 Å². The van der Waals surface area contributed by atoms with Crippen molar-refractivity contribution < 1.29 is 0 Å². The fraction of sp³-hybridized carbons (Fsp3) is 0.280. The largest absolute Gasteiger partial charge is 0.398 e. The molecule has 0 unspecified atom stereocenters. The highest BCUT2D eigenvalue weighted by atomic mass is 16.1. The van der Waals surface area contributed by atoms with Crippen LogP contribution in [0.3, 0.4) is 0 Å². The zero-order valence-electron chi connectivity index (χ0n) is 18.8. The lowest BCUT2D eigenvalue weighted by Gasteiger charge is -2.32. The number of nitrogen functional groups attached to an aromatic ring is 1. The number of hydrogen-bond donors (Lipinski definition) is 2. The van der Waals surface area contributed by atoms with Crippen LogP contribution in [0.2, 0.25) is 0 Å². The molecule has 1 fully saturated rings. The summed E-state index contributed by atoms with van der Waals surface area (Å²) in [6.45, 7) is 1.49. The summed E-state index contributed by atoms with van der Waals surface area (Å²) in [6.07, 6.45) is 3.37. The first-order valence-electron chi connectivity index (χ1n) is 10.9. The molecule has 3 aromatic rings. The minimum absolute atomic E-state index is 0.154. The Morgan fingerprint density at radius 2 is 1.82 bits per heavy atom. The van der Waals surface area contributed by atoms with Crippen LogP contribution in [0.1, 0.15) is 24.0 Å². The highest BCUT2D eigenvalue weighted by Crippen LogP contribution is 2.32. The molecule has 1 aliphatic heterocycles. The molecular formula is C25H27N7O. The second kappa shape index (κ2) is 9.27. The highest BCUT2D eigenvalue weighted by molar-refractivity contribution is 5.91. The molecule has 1 aromatic heterocycles. The van der Waals surface area contributed by atoms with Gasteiger partial charge in [0.15, 0.2) is 0 Å². The highest BCUT2D eigenvalue weighted by Gasteiger charge is 2.24. The summed E-state index contributed by atoms with van der Waals surface area (Å²) in [6, 6.07) is 14.9. The average Bonchev–Trinajstić information content (AvgIpc) is 2.83. The third-order valence-electron chi connectivity index (χ3n) is 6.02. The summed E-state index contributed by atoms with van der Waals surface area (Å²) in [5, 5.41) is 9.19. The Balaban J connectivity index is 1.95. The summed E-state index contributed by atoms with van der Waals surface area (Å²) in [5.74, 6) is 0.612. The zero-order valence-corrected chi connectivity index (χ0v) is 18.8. The third kappa shape index (κ3) is 4.36. The van der Waals surface area contributed by atoms with Gasteiger partial charge in [0.2, 0.25) is 5.95 Å². The molecule has 4 rings (SSSR count). The monoisotopic (exact) mass is 441 g/mol. The van der Waals surface area contributed by atoms with E-state index < -0.39 is 0 Å². The maximum Gasteiger partial charge on any atom is 0.263 e. The number of aromatic nitrogens is 2. The number of nitriles is 1. The molecule has 0 atom stereocenters. The predicted molar refractivity (Wildman–Crippen MR) is 132 cm³/mol. The topological polar surface area (TPSA) is 126 Å². The lowest BCUT2D eigenvalue weighted by atomic mass is 9.97. The lowest BCUT2D eigenvalue weighted by molar-refractivity contribution is 0.490. The van der Waals surface area contributed by atoms with Crippen LogP contribution >= 0.6 is 0 Å². The van der Waals surface area contributed by atoms with E-state index in [-0.39, 0.29) is 11.6 Å². The molecule has 0 saturated carbocycles. The van der Waals surface area contributed by atoms with Gasteiger partial charge in [0.25, 0.3) is 5.56 Å². The Labute approximate surface area is 192 Å². The number of rotatable bonds is 4. The van der Waals surface area contributed by atoms with Gasteiger partial charge in [-0.1, -0.05) is 18.2 Å². The molecule has 168 valence electrons. The van der Waals surface area contributed by atoms with Crippen molar-refractivity contribution in [2.24, 2.45) is 17.8 Å². The van der Waals surface area contributed by atoms with E-state index in [1.165, 1.54) is 0 Å². The smallest absolute Gasteiger partial charge is 0.263 e. The fourth-order valence-corrected chi connectivity index (χ4v) is 4.13. The summed E-state index contributed by atoms with van der Waals surface area (Å²) < 4.78 is 1.60. The van der Waals surface area contributed by atoms with E-state index in [9.17, 15) is 10.1 Å². The number of hydrogen-bond acceptors (Lipinski definition) is 7. The molecule has 4 N–H and O–H groups in total. The Morgan fingerprint density at radius 1 is 1.15 bits per heavy atom. The van der Waals surface area contributed by atoms with E-state index in [2.05, 4.69) is 16.0 Å². The molecule has 2 aromatic carbocycles. The molecule has 1 aliphatic rings. The van der Waals surface area contributed by atoms with Crippen LogP contribution in [-0.4, -0.2) is 41.9 Å². The minimum atomic E-state index is -0.154. The van der Waals surface area contributed by atoms with Gasteiger partial charge >= 0.3 is 0 Å². The van der Waals surface area contributed by atoms with E-state index in [1.54, 1.807) is 43.1 Å². The van der Waals surface area contributed by atoms with Crippen LogP contribution in [0.5, 0.6) is 0 Å². The first-order valence-corrected chi connectivity index (χ1v) is 10.9. The molecule has 0 amide bonds.